The summed E-state index contributed by atoms with van der Waals surface area (Å²) in [6.07, 6.45) is 1.82. The Morgan fingerprint density at radius 1 is 1.13 bits per heavy atom. The van der Waals surface area contributed by atoms with E-state index in [0.29, 0.717) is 43.5 Å². The number of likely N-dealkylation sites (N-methyl/N-ethyl adjacent to an activating group) is 1. The van der Waals surface area contributed by atoms with Crippen LogP contribution in [0.1, 0.15) is 76.0 Å². The zero-order valence-corrected chi connectivity index (χ0v) is 26.9. The Balaban J connectivity index is 1.30. The van der Waals surface area contributed by atoms with Crippen molar-refractivity contribution in [3.8, 4) is 5.75 Å². The number of hydrogen-bond acceptors (Lipinski definition) is 12. The van der Waals surface area contributed by atoms with Gasteiger partial charge >= 0.3 is 17.9 Å². The first kappa shape index (κ1) is 33.8. The molecule has 0 unspecified atom stereocenters. The molecule has 2 heterocycles. The summed E-state index contributed by atoms with van der Waals surface area (Å²) < 4.78 is 22.9. The SMILES string of the molecule is CC(=O)N[C@@H](CCCCN)C(=O)O[C@@H](C)C(=O)O[C@@H](C)C(=O)OC1=CC[C@@]2(O)[C@H]3Cc4ccc(CO)c5c4[C@@]2(CCCN3C)[C@H]1O5. The second kappa shape index (κ2) is 13.3. The molecular formula is C33H45N3O10. The van der Waals surface area contributed by atoms with E-state index in [1.165, 1.54) is 20.8 Å². The van der Waals surface area contributed by atoms with Crippen molar-refractivity contribution in [3.05, 3.63) is 40.7 Å². The molecule has 2 aliphatic heterocycles. The van der Waals surface area contributed by atoms with E-state index in [1.54, 1.807) is 6.08 Å². The van der Waals surface area contributed by atoms with Crippen LogP contribution < -0.4 is 15.8 Å². The van der Waals surface area contributed by atoms with E-state index >= 15 is 0 Å². The van der Waals surface area contributed by atoms with Crippen molar-refractivity contribution >= 4 is 23.8 Å². The van der Waals surface area contributed by atoms with Gasteiger partial charge in [-0.3, -0.25) is 4.79 Å². The molecule has 4 aliphatic rings. The lowest BCUT2D eigenvalue weighted by Gasteiger charge is -2.56. The summed E-state index contributed by atoms with van der Waals surface area (Å²) in [6, 6.07) is 2.68. The van der Waals surface area contributed by atoms with Gasteiger partial charge in [-0.2, -0.15) is 0 Å². The maximum atomic E-state index is 13.3. The van der Waals surface area contributed by atoms with E-state index in [9.17, 15) is 29.4 Å². The van der Waals surface area contributed by atoms with Gasteiger partial charge in [0.15, 0.2) is 18.3 Å². The van der Waals surface area contributed by atoms with Crippen molar-refractivity contribution in [2.24, 2.45) is 5.73 Å². The van der Waals surface area contributed by atoms with E-state index < -0.39 is 59.2 Å². The smallest absolute Gasteiger partial charge is 0.352 e. The molecule has 46 heavy (non-hydrogen) atoms. The lowest BCUT2D eigenvalue weighted by atomic mass is 9.52. The number of nitrogens with two attached hydrogens (primary N) is 1. The summed E-state index contributed by atoms with van der Waals surface area (Å²) in [4.78, 5) is 52.6. The monoisotopic (exact) mass is 643 g/mol. The number of ether oxygens (including phenoxy) is 4. The number of hydrogen-bond donors (Lipinski definition) is 4. The molecule has 2 bridgehead atoms. The van der Waals surface area contributed by atoms with Gasteiger partial charge < -0.3 is 45.1 Å². The molecule has 0 radical (unpaired) electrons. The van der Waals surface area contributed by atoms with Crippen LogP contribution >= 0.6 is 0 Å². The van der Waals surface area contributed by atoms with Crippen LogP contribution in [0, 0.1) is 0 Å². The minimum atomic E-state index is -1.37. The Labute approximate surface area is 268 Å². The number of esters is 3. The maximum absolute atomic E-state index is 13.3. The van der Waals surface area contributed by atoms with Crippen molar-refractivity contribution in [1.29, 1.82) is 0 Å². The first-order chi connectivity index (χ1) is 21.9. The molecule has 1 spiro atoms. The van der Waals surface area contributed by atoms with Crippen molar-refractivity contribution in [1.82, 2.24) is 10.2 Å². The Morgan fingerprint density at radius 3 is 2.54 bits per heavy atom. The predicted molar refractivity (Wildman–Crippen MR) is 163 cm³/mol. The standard InChI is InChI=1S/C33H45N3O10/c1-18(44-31(41)23(35-20(3)38)8-5-6-14-34)29(39)43-19(2)30(40)45-24-11-13-33(42)25-16-21-9-10-22(17-37)27-26(21)32(33,28(24)46-27)12-7-15-36(25)4/h9-11,18-19,23,25,28,37,42H,5-8,12-17,34H2,1-4H3,(H,35,38)/t18-,19-,23-,25+,28-,32-,33+/m0/s1. The zero-order chi connectivity index (χ0) is 33.4. The number of benzene rings is 1. The summed E-state index contributed by atoms with van der Waals surface area (Å²) in [5.41, 5.74) is 5.91. The lowest BCUT2D eigenvalue weighted by molar-refractivity contribution is -0.178. The Morgan fingerprint density at radius 2 is 1.85 bits per heavy atom. The van der Waals surface area contributed by atoms with Gasteiger partial charge in [-0.15, -0.1) is 0 Å². The van der Waals surface area contributed by atoms with Gasteiger partial charge in [0.25, 0.3) is 0 Å². The average molecular weight is 644 g/mol. The maximum Gasteiger partial charge on any atom is 0.352 e. The van der Waals surface area contributed by atoms with Crippen molar-refractivity contribution in [3.63, 3.8) is 0 Å². The molecule has 0 saturated carbocycles. The molecular weight excluding hydrogens is 598 g/mol. The molecule has 1 amide bonds. The number of likely N-dealkylation sites (tertiary alicyclic amines) is 1. The Kier molecular flexibility index (Phi) is 9.78. The fourth-order valence-corrected chi connectivity index (χ4v) is 7.69. The van der Waals surface area contributed by atoms with Crippen LogP contribution in [0.5, 0.6) is 5.75 Å². The second-order valence-electron chi connectivity index (χ2n) is 12.9. The highest BCUT2D eigenvalue weighted by atomic mass is 16.6. The molecule has 0 aromatic heterocycles. The van der Waals surface area contributed by atoms with Crippen molar-refractivity contribution in [2.45, 2.75) is 114 Å². The minimum Gasteiger partial charge on any atom is -0.481 e. The molecule has 252 valence electrons. The number of amides is 1. The molecule has 2 aliphatic carbocycles. The Bertz CT molecular complexity index is 1410. The van der Waals surface area contributed by atoms with Crippen LogP contribution in [0.4, 0.5) is 0 Å². The number of carbonyl (C=O) groups excluding carboxylic acids is 4. The van der Waals surface area contributed by atoms with Gasteiger partial charge in [-0.1, -0.05) is 12.1 Å². The predicted octanol–water partition coefficient (Wildman–Crippen LogP) is 0.887. The van der Waals surface area contributed by atoms with E-state index in [2.05, 4.69) is 10.2 Å². The normalized spacial score (nSPS) is 27.9. The topological polar surface area (TPSA) is 187 Å². The minimum absolute atomic E-state index is 0.192. The number of rotatable bonds is 12. The van der Waals surface area contributed by atoms with Crippen LogP contribution in [0.3, 0.4) is 0 Å². The number of unbranched alkanes of at least 4 members (excludes halogenated alkanes) is 1. The average Bonchev–Trinajstić information content (AvgIpc) is 3.35. The zero-order valence-electron chi connectivity index (χ0n) is 26.9. The molecule has 1 aromatic rings. The van der Waals surface area contributed by atoms with Gasteiger partial charge in [-0.25, -0.2) is 14.4 Å². The molecule has 1 saturated heterocycles. The van der Waals surface area contributed by atoms with E-state index in [4.69, 9.17) is 24.7 Å². The summed E-state index contributed by atoms with van der Waals surface area (Å²) in [7, 11) is 2.01. The molecule has 5 N–H and O–H groups in total. The third-order valence-corrected chi connectivity index (χ3v) is 9.93. The highest BCUT2D eigenvalue weighted by molar-refractivity contribution is 5.86. The quantitative estimate of drug-likeness (QED) is 0.143. The summed E-state index contributed by atoms with van der Waals surface area (Å²) in [6.45, 7) is 4.90. The first-order valence-electron chi connectivity index (χ1n) is 16.0. The second-order valence-corrected chi connectivity index (χ2v) is 12.9. The largest absolute Gasteiger partial charge is 0.481 e. The highest BCUT2D eigenvalue weighted by Gasteiger charge is 2.70. The molecule has 1 aromatic carbocycles. The molecule has 1 fully saturated rings. The molecule has 13 nitrogen and oxygen atoms in total. The van der Waals surface area contributed by atoms with Gasteiger partial charge in [0.2, 0.25) is 5.91 Å². The molecule has 7 atom stereocenters. The summed E-state index contributed by atoms with van der Waals surface area (Å²) >= 11 is 0. The fourth-order valence-electron chi connectivity index (χ4n) is 7.69. The molecule has 13 heteroatoms. The summed E-state index contributed by atoms with van der Waals surface area (Å²) in [5.74, 6) is -2.32. The van der Waals surface area contributed by atoms with Crippen molar-refractivity contribution in [2.75, 3.05) is 20.1 Å². The number of nitrogens with one attached hydrogen (secondary N) is 1. The number of aliphatic hydroxyl groups is 2. The number of nitrogens with zero attached hydrogens (tertiary/aromatic N) is 1. The van der Waals surface area contributed by atoms with Crippen LogP contribution in [0.25, 0.3) is 0 Å². The van der Waals surface area contributed by atoms with E-state index in [1.807, 2.05) is 19.2 Å². The van der Waals surface area contributed by atoms with Gasteiger partial charge in [-0.05, 0) is 84.1 Å². The van der Waals surface area contributed by atoms with Crippen LogP contribution in [-0.2, 0) is 51.8 Å². The number of aliphatic hydroxyl groups excluding tert-OH is 1. The van der Waals surface area contributed by atoms with Crippen LogP contribution in [0.15, 0.2) is 24.0 Å². The lowest BCUT2D eigenvalue weighted by Crippen LogP contribution is -2.69. The van der Waals surface area contributed by atoms with Crippen LogP contribution in [-0.4, -0.2) is 95.1 Å². The van der Waals surface area contributed by atoms with E-state index in [0.717, 1.165) is 24.1 Å². The Hall–Kier alpha value is -3.52. The third kappa shape index (κ3) is 5.78. The van der Waals surface area contributed by atoms with Gasteiger partial charge in [0, 0.05) is 30.5 Å². The van der Waals surface area contributed by atoms with Gasteiger partial charge in [0.1, 0.15) is 17.6 Å². The van der Waals surface area contributed by atoms with Crippen LogP contribution in [0.2, 0.25) is 0 Å². The highest BCUT2D eigenvalue weighted by Crippen LogP contribution is 2.64. The fraction of sp³-hybridized carbons (Fsp3) is 0.636. The molecule has 5 rings (SSSR count). The van der Waals surface area contributed by atoms with Crippen molar-refractivity contribution < 1.29 is 48.3 Å². The summed E-state index contributed by atoms with van der Waals surface area (Å²) in [5, 5.41) is 25.1. The first-order valence-corrected chi connectivity index (χ1v) is 16.0. The third-order valence-electron chi connectivity index (χ3n) is 9.93. The van der Waals surface area contributed by atoms with Gasteiger partial charge in [0.05, 0.1) is 17.6 Å². The number of carbonyl (C=O) groups is 4. The van der Waals surface area contributed by atoms with E-state index in [-0.39, 0.29) is 31.2 Å².